The highest BCUT2D eigenvalue weighted by Gasteiger charge is 2.17. The molecule has 0 aliphatic carbocycles. The van der Waals surface area contributed by atoms with E-state index in [1.807, 2.05) is 19.1 Å². The predicted octanol–water partition coefficient (Wildman–Crippen LogP) is 1.26. The van der Waals surface area contributed by atoms with Gasteiger partial charge in [-0.3, -0.25) is 0 Å². The van der Waals surface area contributed by atoms with E-state index in [9.17, 15) is 0 Å². The van der Waals surface area contributed by atoms with Crippen LogP contribution in [0.5, 0.6) is 11.5 Å². The normalized spacial score (nSPS) is 14.3. The SMILES string of the molecule is Cc1ccc(CO)c2c1OCCO2. The van der Waals surface area contributed by atoms with Crippen LogP contribution < -0.4 is 9.47 Å². The zero-order valence-corrected chi connectivity index (χ0v) is 7.54. The second kappa shape index (κ2) is 3.26. The monoisotopic (exact) mass is 180 g/mol. The molecule has 1 aliphatic heterocycles. The lowest BCUT2D eigenvalue weighted by molar-refractivity contribution is 0.164. The van der Waals surface area contributed by atoms with Gasteiger partial charge in [-0.2, -0.15) is 0 Å². The first-order chi connectivity index (χ1) is 6.33. The van der Waals surface area contributed by atoms with Gasteiger partial charge < -0.3 is 14.6 Å². The van der Waals surface area contributed by atoms with Gasteiger partial charge >= 0.3 is 0 Å². The largest absolute Gasteiger partial charge is 0.486 e. The fraction of sp³-hybridized carbons (Fsp3) is 0.400. The minimum Gasteiger partial charge on any atom is -0.486 e. The molecule has 2 rings (SSSR count). The first-order valence-corrected chi connectivity index (χ1v) is 4.32. The highest BCUT2D eigenvalue weighted by Crippen LogP contribution is 2.36. The van der Waals surface area contributed by atoms with Crippen LogP contribution in [0.1, 0.15) is 11.1 Å². The van der Waals surface area contributed by atoms with Crippen molar-refractivity contribution in [2.45, 2.75) is 13.5 Å². The quantitative estimate of drug-likeness (QED) is 0.707. The molecule has 0 bridgehead atoms. The van der Waals surface area contributed by atoms with Gasteiger partial charge in [0.1, 0.15) is 13.2 Å². The molecule has 1 aromatic carbocycles. The summed E-state index contributed by atoms with van der Waals surface area (Å²) in [5.74, 6) is 1.48. The van der Waals surface area contributed by atoms with Gasteiger partial charge in [0.2, 0.25) is 0 Å². The van der Waals surface area contributed by atoms with Crippen molar-refractivity contribution in [2.24, 2.45) is 0 Å². The van der Waals surface area contributed by atoms with Gasteiger partial charge in [-0.15, -0.1) is 0 Å². The van der Waals surface area contributed by atoms with E-state index < -0.39 is 0 Å². The number of aliphatic hydroxyl groups is 1. The third kappa shape index (κ3) is 1.35. The van der Waals surface area contributed by atoms with Crippen LogP contribution in [0.2, 0.25) is 0 Å². The van der Waals surface area contributed by atoms with Crippen LogP contribution >= 0.6 is 0 Å². The summed E-state index contributed by atoms with van der Waals surface area (Å²) in [6.07, 6.45) is 0. The molecule has 1 N–H and O–H groups in total. The molecular formula is C10H12O3. The van der Waals surface area contributed by atoms with Gasteiger partial charge in [-0.05, 0) is 12.5 Å². The zero-order valence-electron chi connectivity index (χ0n) is 7.54. The maximum atomic E-state index is 9.05. The predicted molar refractivity (Wildman–Crippen MR) is 48.1 cm³/mol. The van der Waals surface area contributed by atoms with Gasteiger partial charge in [0, 0.05) is 5.56 Å². The Bertz CT molecular complexity index is 320. The molecule has 13 heavy (non-hydrogen) atoms. The molecule has 1 heterocycles. The van der Waals surface area contributed by atoms with Gasteiger partial charge in [0.15, 0.2) is 11.5 Å². The van der Waals surface area contributed by atoms with E-state index >= 15 is 0 Å². The molecule has 0 fully saturated rings. The van der Waals surface area contributed by atoms with Gasteiger partial charge in [0.25, 0.3) is 0 Å². The lowest BCUT2D eigenvalue weighted by atomic mass is 10.1. The van der Waals surface area contributed by atoms with Crippen LogP contribution in [0, 0.1) is 6.92 Å². The molecule has 1 aliphatic rings. The number of rotatable bonds is 1. The van der Waals surface area contributed by atoms with E-state index in [1.54, 1.807) is 0 Å². The van der Waals surface area contributed by atoms with E-state index in [2.05, 4.69) is 0 Å². The molecule has 0 radical (unpaired) electrons. The topological polar surface area (TPSA) is 38.7 Å². The molecule has 3 heteroatoms. The van der Waals surface area contributed by atoms with Crippen molar-refractivity contribution in [3.63, 3.8) is 0 Å². The third-order valence-electron chi connectivity index (χ3n) is 2.14. The van der Waals surface area contributed by atoms with Gasteiger partial charge in [-0.25, -0.2) is 0 Å². The van der Waals surface area contributed by atoms with Crippen molar-refractivity contribution in [1.29, 1.82) is 0 Å². The third-order valence-corrected chi connectivity index (χ3v) is 2.14. The number of hydrogen-bond acceptors (Lipinski definition) is 3. The Morgan fingerprint density at radius 3 is 2.62 bits per heavy atom. The van der Waals surface area contributed by atoms with Crippen LogP contribution in [-0.4, -0.2) is 18.3 Å². The van der Waals surface area contributed by atoms with E-state index in [0.717, 1.165) is 16.9 Å². The number of aliphatic hydroxyl groups excluding tert-OH is 1. The second-order valence-corrected chi connectivity index (χ2v) is 3.05. The Kier molecular flexibility index (Phi) is 2.10. The van der Waals surface area contributed by atoms with Crippen molar-refractivity contribution < 1.29 is 14.6 Å². The van der Waals surface area contributed by atoms with E-state index in [1.165, 1.54) is 0 Å². The van der Waals surface area contributed by atoms with E-state index in [-0.39, 0.29) is 6.61 Å². The molecule has 3 nitrogen and oxygen atoms in total. The maximum Gasteiger partial charge on any atom is 0.167 e. The van der Waals surface area contributed by atoms with Crippen molar-refractivity contribution in [2.75, 3.05) is 13.2 Å². The highest BCUT2D eigenvalue weighted by molar-refractivity contribution is 5.51. The lowest BCUT2D eigenvalue weighted by Gasteiger charge is -2.22. The van der Waals surface area contributed by atoms with Gasteiger partial charge in [-0.1, -0.05) is 12.1 Å². The van der Waals surface area contributed by atoms with Crippen LogP contribution in [0.25, 0.3) is 0 Å². The minimum atomic E-state index is -0.00796. The first-order valence-electron chi connectivity index (χ1n) is 4.32. The highest BCUT2D eigenvalue weighted by atomic mass is 16.6. The maximum absolute atomic E-state index is 9.05. The number of benzene rings is 1. The van der Waals surface area contributed by atoms with Gasteiger partial charge in [0.05, 0.1) is 6.61 Å². The van der Waals surface area contributed by atoms with E-state index in [4.69, 9.17) is 14.6 Å². The fourth-order valence-electron chi connectivity index (χ4n) is 1.45. The van der Waals surface area contributed by atoms with Crippen LogP contribution in [0.3, 0.4) is 0 Å². The molecule has 0 amide bonds. The fourth-order valence-corrected chi connectivity index (χ4v) is 1.45. The lowest BCUT2D eigenvalue weighted by Crippen LogP contribution is -2.17. The Morgan fingerprint density at radius 1 is 1.23 bits per heavy atom. The summed E-state index contributed by atoms with van der Waals surface area (Å²) in [7, 11) is 0. The van der Waals surface area contributed by atoms with E-state index in [0.29, 0.717) is 19.0 Å². The molecule has 0 saturated heterocycles. The summed E-state index contributed by atoms with van der Waals surface area (Å²) in [6, 6.07) is 3.79. The average molecular weight is 180 g/mol. The van der Waals surface area contributed by atoms with Crippen LogP contribution in [-0.2, 0) is 6.61 Å². The molecule has 1 aromatic rings. The van der Waals surface area contributed by atoms with Crippen LogP contribution in [0.4, 0.5) is 0 Å². The molecule has 0 spiro atoms. The van der Waals surface area contributed by atoms with Crippen LogP contribution in [0.15, 0.2) is 12.1 Å². The molecular weight excluding hydrogens is 168 g/mol. The molecule has 0 atom stereocenters. The van der Waals surface area contributed by atoms with Crippen molar-refractivity contribution in [1.82, 2.24) is 0 Å². The minimum absolute atomic E-state index is 0.00796. The average Bonchev–Trinajstić information content (AvgIpc) is 2.19. The molecule has 0 saturated carbocycles. The summed E-state index contributed by atoms with van der Waals surface area (Å²) in [5, 5.41) is 9.05. The summed E-state index contributed by atoms with van der Waals surface area (Å²) < 4.78 is 10.9. The number of fused-ring (bicyclic) bond motifs is 1. The molecule has 70 valence electrons. The van der Waals surface area contributed by atoms with Crippen molar-refractivity contribution in [3.05, 3.63) is 23.3 Å². The smallest absolute Gasteiger partial charge is 0.167 e. The summed E-state index contributed by atoms with van der Waals surface area (Å²) in [4.78, 5) is 0. The number of hydrogen-bond donors (Lipinski definition) is 1. The molecule has 0 aromatic heterocycles. The van der Waals surface area contributed by atoms with Crippen molar-refractivity contribution >= 4 is 0 Å². The Labute approximate surface area is 76.9 Å². The summed E-state index contributed by atoms with van der Waals surface area (Å²) in [5.41, 5.74) is 1.84. The molecule has 0 unspecified atom stereocenters. The number of ether oxygens (including phenoxy) is 2. The Hall–Kier alpha value is -1.22. The summed E-state index contributed by atoms with van der Waals surface area (Å²) in [6.45, 7) is 3.10. The first kappa shape index (κ1) is 8.38. The number of aryl methyl sites for hydroxylation is 1. The van der Waals surface area contributed by atoms with Crippen molar-refractivity contribution in [3.8, 4) is 11.5 Å². The Morgan fingerprint density at radius 2 is 1.92 bits per heavy atom. The second-order valence-electron chi connectivity index (χ2n) is 3.05. The standard InChI is InChI=1S/C10H12O3/c1-7-2-3-8(6-11)10-9(7)12-4-5-13-10/h2-3,11H,4-6H2,1H3. The zero-order chi connectivity index (χ0) is 9.26. The summed E-state index contributed by atoms with van der Waals surface area (Å²) >= 11 is 0. The Balaban J connectivity index is 2.52.